The quantitative estimate of drug-likeness (QED) is 0.643. The molecule has 0 aromatic heterocycles. The van der Waals surface area contributed by atoms with E-state index in [0.717, 1.165) is 31.2 Å². The second-order valence-electron chi connectivity index (χ2n) is 6.90. The number of rotatable bonds is 8. The van der Waals surface area contributed by atoms with Gasteiger partial charge in [-0.2, -0.15) is 0 Å². The molecule has 0 heterocycles. The molecule has 0 saturated carbocycles. The van der Waals surface area contributed by atoms with E-state index in [1.807, 2.05) is 13.0 Å². The van der Waals surface area contributed by atoms with Gasteiger partial charge in [-0.25, -0.2) is 8.42 Å². The van der Waals surface area contributed by atoms with Crippen molar-refractivity contribution >= 4 is 15.9 Å². The molecule has 1 atom stereocenters. The Balaban J connectivity index is 1.57. The number of carbonyl (C=O) groups excluding carboxylic acids is 1. The minimum absolute atomic E-state index is 0.138. The number of hydrazine groups is 1. The number of aryl methyl sites for hydroxylation is 2. The van der Waals surface area contributed by atoms with Crippen molar-refractivity contribution in [3.05, 3.63) is 53.6 Å². The van der Waals surface area contributed by atoms with Crippen LogP contribution >= 0.6 is 0 Å². The summed E-state index contributed by atoms with van der Waals surface area (Å²) < 4.78 is 36.0. The van der Waals surface area contributed by atoms with Gasteiger partial charge in [0.2, 0.25) is 0 Å². The molecule has 1 aliphatic rings. The molecule has 0 saturated heterocycles. The van der Waals surface area contributed by atoms with Gasteiger partial charge in [0.15, 0.2) is 6.10 Å². The zero-order valence-electron chi connectivity index (χ0n) is 16.6. The average Bonchev–Trinajstić information content (AvgIpc) is 2.73. The third kappa shape index (κ3) is 5.48. The molecule has 0 aliphatic heterocycles. The molecule has 2 aromatic carbocycles. The van der Waals surface area contributed by atoms with Crippen LogP contribution in [0.1, 0.15) is 37.8 Å². The molecular formula is C21H26N2O5S. The molecule has 29 heavy (non-hydrogen) atoms. The minimum Gasteiger partial charge on any atom is -0.494 e. The Morgan fingerprint density at radius 1 is 1.03 bits per heavy atom. The van der Waals surface area contributed by atoms with E-state index in [4.69, 9.17) is 9.47 Å². The van der Waals surface area contributed by atoms with Crippen molar-refractivity contribution in [2.24, 2.45) is 0 Å². The SMILES string of the molecule is CCOc1ccc(O[C@H](C)C(=O)NNS(=O)(=O)c2ccc3c(c2)CCCC3)cc1. The maximum Gasteiger partial charge on any atom is 0.275 e. The Hall–Kier alpha value is -2.58. The van der Waals surface area contributed by atoms with E-state index >= 15 is 0 Å². The molecule has 8 heteroatoms. The number of ether oxygens (including phenoxy) is 2. The first-order valence-corrected chi connectivity index (χ1v) is 11.2. The van der Waals surface area contributed by atoms with Gasteiger partial charge in [-0.1, -0.05) is 6.07 Å². The molecular weight excluding hydrogens is 392 g/mol. The molecule has 1 aliphatic carbocycles. The number of nitrogens with one attached hydrogen (secondary N) is 2. The van der Waals surface area contributed by atoms with Crippen LogP contribution in [-0.4, -0.2) is 27.0 Å². The Morgan fingerprint density at radius 3 is 2.38 bits per heavy atom. The van der Waals surface area contributed by atoms with Gasteiger partial charge in [0.25, 0.3) is 15.9 Å². The third-order valence-corrected chi connectivity index (χ3v) is 6.00. The number of hydrogen-bond acceptors (Lipinski definition) is 5. The Bertz CT molecular complexity index is 958. The van der Waals surface area contributed by atoms with Crippen LogP contribution < -0.4 is 19.7 Å². The predicted octanol–water partition coefficient (Wildman–Crippen LogP) is 2.74. The summed E-state index contributed by atoms with van der Waals surface area (Å²) in [5.41, 5.74) is 4.47. The van der Waals surface area contributed by atoms with E-state index in [1.165, 1.54) is 5.56 Å². The summed E-state index contributed by atoms with van der Waals surface area (Å²) in [6, 6.07) is 12.0. The van der Waals surface area contributed by atoms with Crippen molar-refractivity contribution < 1.29 is 22.7 Å². The first-order valence-electron chi connectivity index (χ1n) is 9.72. The van der Waals surface area contributed by atoms with E-state index in [1.54, 1.807) is 43.3 Å². The fourth-order valence-electron chi connectivity index (χ4n) is 3.19. The van der Waals surface area contributed by atoms with E-state index < -0.39 is 22.0 Å². The molecule has 2 aromatic rings. The normalized spacial score (nSPS) is 14.6. The molecule has 7 nitrogen and oxygen atoms in total. The number of benzene rings is 2. The Kier molecular flexibility index (Phi) is 6.76. The first kappa shape index (κ1) is 21.1. The maximum absolute atomic E-state index is 12.5. The van der Waals surface area contributed by atoms with Crippen molar-refractivity contribution in [1.82, 2.24) is 10.3 Å². The van der Waals surface area contributed by atoms with Crippen LogP contribution in [0.3, 0.4) is 0 Å². The van der Waals surface area contributed by atoms with Gasteiger partial charge in [0.05, 0.1) is 11.5 Å². The van der Waals surface area contributed by atoms with Gasteiger partial charge in [0, 0.05) is 0 Å². The fraction of sp³-hybridized carbons (Fsp3) is 0.381. The number of amides is 1. The topological polar surface area (TPSA) is 93.7 Å². The highest BCUT2D eigenvalue weighted by Gasteiger charge is 2.21. The summed E-state index contributed by atoms with van der Waals surface area (Å²) in [5.74, 6) is 0.587. The summed E-state index contributed by atoms with van der Waals surface area (Å²) in [6.07, 6.45) is 3.14. The van der Waals surface area contributed by atoms with Crippen molar-refractivity contribution in [1.29, 1.82) is 0 Å². The standard InChI is InChI=1S/C21H26N2O5S/c1-3-27-18-9-11-19(12-10-18)28-15(2)21(24)22-23-29(25,26)20-13-8-16-6-4-5-7-17(16)14-20/h8-15,23H,3-7H2,1-2H3,(H,22,24)/t15-/m1/s1. The van der Waals surface area contributed by atoms with Crippen LogP contribution in [0, 0.1) is 0 Å². The first-order chi connectivity index (χ1) is 13.9. The highest BCUT2D eigenvalue weighted by atomic mass is 32.2. The van der Waals surface area contributed by atoms with E-state index in [0.29, 0.717) is 18.1 Å². The van der Waals surface area contributed by atoms with Crippen molar-refractivity contribution in [2.45, 2.75) is 50.5 Å². The van der Waals surface area contributed by atoms with Crippen LogP contribution in [0.4, 0.5) is 0 Å². The molecule has 2 N–H and O–H groups in total. The lowest BCUT2D eigenvalue weighted by atomic mass is 9.92. The van der Waals surface area contributed by atoms with E-state index in [2.05, 4.69) is 10.3 Å². The van der Waals surface area contributed by atoms with Gasteiger partial charge in [-0.3, -0.25) is 10.2 Å². The molecule has 3 rings (SSSR count). The summed E-state index contributed by atoms with van der Waals surface area (Å²) in [4.78, 5) is 14.5. The van der Waals surface area contributed by atoms with Crippen molar-refractivity contribution in [2.75, 3.05) is 6.61 Å². The third-order valence-electron chi connectivity index (χ3n) is 4.76. The smallest absolute Gasteiger partial charge is 0.275 e. The minimum atomic E-state index is -3.86. The van der Waals surface area contributed by atoms with E-state index in [9.17, 15) is 13.2 Å². The lowest BCUT2D eigenvalue weighted by molar-refractivity contribution is -0.127. The highest BCUT2D eigenvalue weighted by Crippen LogP contribution is 2.24. The van der Waals surface area contributed by atoms with Crippen LogP contribution in [-0.2, 0) is 27.7 Å². The largest absolute Gasteiger partial charge is 0.494 e. The second kappa shape index (κ2) is 9.28. The van der Waals surface area contributed by atoms with Crippen molar-refractivity contribution in [3.8, 4) is 11.5 Å². The summed E-state index contributed by atoms with van der Waals surface area (Å²) in [7, 11) is -3.86. The van der Waals surface area contributed by atoms with Gasteiger partial charge >= 0.3 is 0 Å². The van der Waals surface area contributed by atoms with Gasteiger partial charge < -0.3 is 9.47 Å². The van der Waals surface area contributed by atoms with Crippen LogP contribution in [0.2, 0.25) is 0 Å². The highest BCUT2D eigenvalue weighted by molar-refractivity contribution is 7.89. The molecule has 156 valence electrons. The van der Waals surface area contributed by atoms with Gasteiger partial charge in [-0.15, -0.1) is 4.83 Å². The predicted molar refractivity (Wildman–Crippen MR) is 109 cm³/mol. The molecule has 0 fully saturated rings. The second-order valence-corrected chi connectivity index (χ2v) is 8.58. The Labute approximate surface area is 171 Å². The number of sulfonamides is 1. The molecule has 0 bridgehead atoms. The van der Waals surface area contributed by atoms with Crippen molar-refractivity contribution in [3.63, 3.8) is 0 Å². The summed E-state index contributed by atoms with van der Waals surface area (Å²) >= 11 is 0. The molecule has 0 radical (unpaired) electrons. The number of fused-ring (bicyclic) bond motifs is 1. The van der Waals surface area contributed by atoms with Gasteiger partial charge in [0.1, 0.15) is 11.5 Å². The summed E-state index contributed by atoms with van der Waals surface area (Å²) in [5, 5.41) is 0. The number of carbonyl (C=O) groups is 1. The molecule has 0 unspecified atom stereocenters. The summed E-state index contributed by atoms with van der Waals surface area (Å²) in [6.45, 7) is 3.99. The monoisotopic (exact) mass is 418 g/mol. The lowest BCUT2D eigenvalue weighted by Crippen LogP contribution is -2.47. The van der Waals surface area contributed by atoms with Crippen LogP contribution in [0.15, 0.2) is 47.4 Å². The Morgan fingerprint density at radius 2 is 1.69 bits per heavy atom. The molecule has 0 spiro atoms. The average molecular weight is 419 g/mol. The fourth-order valence-corrected chi connectivity index (χ4v) is 4.09. The number of hydrogen-bond donors (Lipinski definition) is 2. The molecule has 1 amide bonds. The van der Waals surface area contributed by atoms with E-state index in [-0.39, 0.29) is 4.90 Å². The zero-order valence-corrected chi connectivity index (χ0v) is 17.4. The maximum atomic E-state index is 12.5. The van der Waals surface area contributed by atoms with Crippen LogP contribution in [0.25, 0.3) is 0 Å². The van der Waals surface area contributed by atoms with Gasteiger partial charge in [-0.05, 0) is 87.1 Å². The van der Waals surface area contributed by atoms with Crippen LogP contribution in [0.5, 0.6) is 11.5 Å². The zero-order chi connectivity index (χ0) is 20.9. The lowest BCUT2D eigenvalue weighted by Gasteiger charge is -2.18.